The molecule has 15 heavy (non-hydrogen) atoms. The average molecular weight is 252 g/mol. The molecule has 1 aliphatic heterocycles. The van der Waals surface area contributed by atoms with Gasteiger partial charge < -0.3 is 9.88 Å². The summed E-state index contributed by atoms with van der Waals surface area (Å²) in [7, 11) is 0. The van der Waals surface area contributed by atoms with Gasteiger partial charge in [-0.3, -0.25) is 0 Å². The third-order valence-corrected chi connectivity index (χ3v) is 2.84. The van der Waals surface area contributed by atoms with Crippen molar-refractivity contribution >= 4 is 24.8 Å². The summed E-state index contributed by atoms with van der Waals surface area (Å²) in [5.41, 5.74) is 0. The van der Waals surface area contributed by atoms with E-state index in [0.29, 0.717) is 0 Å². The second-order valence-electron chi connectivity index (χ2n) is 3.82. The first-order chi connectivity index (χ1) is 6.36. The van der Waals surface area contributed by atoms with Crippen LogP contribution in [0, 0.1) is 12.8 Å². The molecular formula is C10H19Cl2N3. The topological polar surface area (TPSA) is 29.9 Å². The van der Waals surface area contributed by atoms with Gasteiger partial charge in [0.05, 0.1) is 0 Å². The molecule has 3 nitrogen and oxygen atoms in total. The molecule has 0 unspecified atom stereocenters. The van der Waals surface area contributed by atoms with Crippen molar-refractivity contribution in [1.82, 2.24) is 14.9 Å². The highest BCUT2D eigenvalue weighted by Crippen LogP contribution is 2.14. The SMILES string of the molecule is Cc1nccn1CC1CCNCC1.Cl.Cl. The van der Waals surface area contributed by atoms with E-state index in [1.807, 2.05) is 6.20 Å². The summed E-state index contributed by atoms with van der Waals surface area (Å²) in [5.74, 6) is 1.98. The van der Waals surface area contributed by atoms with Gasteiger partial charge in [0.15, 0.2) is 0 Å². The maximum Gasteiger partial charge on any atom is 0.105 e. The molecule has 1 fully saturated rings. The van der Waals surface area contributed by atoms with Gasteiger partial charge in [-0.1, -0.05) is 0 Å². The minimum atomic E-state index is 0. The fourth-order valence-electron chi connectivity index (χ4n) is 1.94. The van der Waals surface area contributed by atoms with E-state index in [1.165, 1.54) is 25.9 Å². The van der Waals surface area contributed by atoms with E-state index in [-0.39, 0.29) is 24.8 Å². The Kier molecular flexibility index (Phi) is 6.98. The largest absolute Gasteiger partial charge is 0.335 e. The maximum atomic E-state index is 4.23. The summed E-state index contributed by atoms with van der Waals surface area (Å²) in [4.78, 5) is 4.23. The van der Waals surface area contributed by atoms with Gasteiger partial charge >= 0.3 is 0 Å². The van der Waals surface area contributed by atoms with E-state index in [1.54, 1.807) is 0 Å². The fourth-order valence-corrected chi connectivity index (χ4v) is 1.94. The standard InChI is InChI=1S/C10H17N3.2ClH/c1-9-12-6-7-13(9)8-10-2-4-11-5-3-10;;/h6-7,10-11H,2-5,8H2,1H3;2*1H. The first kappa shape index (κ1) is 14.8. The molecule has 0 amide bonds. The first-order valence-corrected chi connectivity index (χ1v) is 5.05. The van der Waals surface area contributed by atoms with Crippen LogP contribution >= 0.6 is 24.8 Å². The monoisotopic (exact) mass is 251 g/mol. The molecule has 1 aliphatic rings. The van der Waals surface area contributed by atoms with Crippen LogP contribution in [0.2, 0.25) is 0 Å². The van der Waals surface area contributed by atoms with Gasteiger partial charge in [0.1, 0.15) is 5.82 Å². The van der Waals surface area contributed by atoms with Crippen molar-refractivity contribution in [2.75, 3.05) is 13.1 Å². The summed E-state index contributed by atoms with van der Waals surface area (Å²) in [6.45, 7) is 5.57. The molecule has 1 N–H and O–H groups in total. The van der Waals surface area contributed by atoms with Gasteiger partial charge in [0.25, 0.3) is 0 Å². The van der Waals surface area contributed by atoms with Crippen LogP contribution in [0.3, 0.4) is 0 Å². The van der Waals surface area contributed by atoms with Crippen molar-refractivity contribution in [2.24, 2.45) is 5.92 Å². The van der Waals surface area contributed by atoms with Crippen molar-refractivity contribution in [3.63, 3.8) is 0 Å². The molecule has 0 aliphatic carbocycles. The maximum absolute atomic E-state index is 4.23. The van der Waals surface area contributed by atoms with Crippen LogP contribution in [0.1, 0.15) is 18.7 Å². The molecule has 1 aromatic rings. The molecule has 0 saturated carbocycles. The minimum absolute atomic E-state index is 0. The number of nitrogens with zero attached hydrogens (tertiary/aromatic N) is 2. The second-order valence-corrected chi connectivity index (χ2v) is 3.82. The zero-order valence-corrected chi connectivity index (χ0v) is 10.6. The zero-order valence-electron chi connectivity index (χ0n) is 8.98. The van der Waals surface area contributed by atoms with E-state index in [2.05, 4.69) is 28.0 Å². The van der Waals surface area contributed by atoms with Gasteiger partial charge in [-0.05, 0) is 38.8 Å². The van der Waals surface area contributed by atoms with Crippen LogP contribution in [0.25, 0.3) is 0 Å². The summed E-state index contributed by atoms with van der Waals surface area (Å²) in [6.07, 6.45) is 6.57. The third-order valence-electron chi connectivity index (χ3n) is 2.84. The van der Waals surface area contributed by atoms with Crippen molar-refractivity contribution in [3.05, 3.63) is 18.2 Å². The molecular weight excluding hydrogens is 233 g/mol. The Hall–Kier alpha value is -0.250. The minimum Gasteiger partial charge on any atom is -0.335 e. The summed E-state index contributed by atoms with van der Waals surface area (Å²) in [6, 6.07) is 0. The first-order valence-electron chi connectivity index (χ1n) is 5.05. The molecule has 0 spiro atoms. The Labute approximate surface area is 103 Å². The van der Waals surface area contributed by atoms with E-state index in [9.17, 15) is 0 Å². The average Bonchev–Trinajstić information content (AvgIpc) is 2.54. The van der Waals surface area contributed by atoms with Crippen LogP contribution in [0.4, 0.5) is 0 Å². The predicted molar refractivity (Wildman–Crippen MR) is 67.1 cm³/mol. The molecule has 0 bridgehead atoms. The van der Waals surface area contributed by atoms with Crippen molar-refractivity contribution < 1.29 is 0 Å². The Morgan fingerprint density at radius 2 is 2.07 bits per heavy atom. The molecule has 88 valence electrons. The summed E-state index contributed by atoms with van der Waals surface area (Å²) < 4.78 is 2.26. The number of rotatable bonds is 2. The highest BCUT2D eigenvalue weighted by atomic mass is 35.5. The van der Waals surface area contributed by atoms with Crippen molar-refractivity contribution in [2.45, 2.75) is 26.3 Å². The Balaban J connectivity index is 0.000000980. The molecule has 5 heteroatoms. The molecule has 2 heterocycles. The lowest BCUT2D eigenvalue weighted by atomic mass is 9.98. The summed E-state index contributed by atoms with van der Waals surface area (Å²) in [5, 5.41) is 3.38. The molecule has 0 atom stereocenters. The Morgan fingerprint density at radius 1 is 1.40 bits per heavy atom. The molecule has 2 rings (SSSR count). The van der Waals surface area contributed by atoms with Crippen LogP contribution < -0.4 is 5.32 Å². The van der Waals surface area contributed by atoms with E-state index < -0.39 is 0 Å². The van der Waals surface area contributed by atoms with Gasteiger partial charge in [-0.15, -0.1) is 24.8 Å². The molecule has 1 aromatic heterocycles. The lowest BCUT2D eigenvalue weighted by molar-refractivity contribution is 0.331. The molecule has 0 aromatic carbocycles. The highest BCUT2D eigenvalue weighted by molar-refractivity contribution is 5.85. The number of halogens is 2. The van der Waals surface area contributed by atoms with E-state index >= 15 is 0 Å². The lowest BCUT2D eigenvalue weighted by Crippen LogP contribution is -2.29. The predicted octanol–water partition coefficient (Wildman–Crippen LogP) is 2.03. The van der Waals surface area contributed by atoms with Crippen molar-refractivity contribution in [3.8, 4) is 0 Å². The van der Waals surface area contributed by atoms with E-state index in [0.717, 1.165) is 18.3 Å². The van der Waals surface area contributed by atoms with Gasteiger partial charge in [-0.2, -0.15) is 0 Å². The van der Waals surface area contributed by atoms with Crippen LogP contribution in [0.15, 0.2) is 12.4 Å². The number of hydrogen-bond donors (Lipinski definition) is 1. The Morgan fingerprint density at radius 3 is 2.60 bits per heavy atom. The van der Waals surface area contributed by atoms with Crippen LogP contribution in [-0.2, 0) is 6.54 Å². The fraction of sp³-hybridized carbons (Fsp3) is 0.700. The Bertz CT molecular complexity index is 269. The quantitative estimate of drug-likeness (QED) is 0.872. The normalized spacial score (nSPS) is 16.6. The zero-order chi connectivity index (χ0) is 9.10. The lowest BCUT2D eigenvalue weighted by Gasteiger charge is -2.23. The van der Waals surface area contributed by atoms with Gasteiger partial charge in [0, 0.05) is 18.9 Å². The van der Waals surface area contributed by atoms with Crippen LogP contribution in [-0.4, -0.2) is 22.6 Å². The van der Waals surface area contributed by atoms with Gasteiger partial charge in [0.2, 0.25) is 0 Å². The molecule has 1 saturated heterocycles. The van der Waals surface area contributed by atoms with Crippen LogP contribution in [0.5, 0.6) is 0 Å². The van der Waals surface area contributed by atoms with Gasteiger partial charge in [-0.25, -0.2) is 4.98 Å². The van der Waals surface area contributed by atoms with Crippen molar-refractivity contribution in [1.29, 1.82) is 0 Å². The number of aromatic nitrogens is 2. The highest BCUT2D eigenvalue weighted by Gasteiger charge is 2.13. The van der Waals surface area contributed by atoms with E-state index in [4.69, 9.17) is 0 Å². The second kappa shape index (κ2) is 7.09. The number of imidazole rings is 1. The number of hydrogen-bond acceptors (Lipinski definition) is 2. The smallest absolute Gasteiger partial charge is 0.105 e. The number of piperidine rings is 1. The summed E-state index contributed by atoms with van der Waals surface area (Å²) >= 11 is 0. The number of nitrogens with one attached hydrogen (secondary N) is 1. The molecule has 0 radical (unpaired) electrons. The number of aryl methyl sites for hydroxylation is 1. The third kappa shape index (κ3) is 4.01.